The molecule has 182 valence electrons. The van der Waals surface area contributed by atoms with Crippen LogP contribution in [0, 0.1) is 13.8 Å². The molecule has 1 heterocycles. The number of unbranched alkanes of at least 4 members (excludes halogenated alkanes) is 1. The lowest BCUT2D eigenvalue weighted by Crippen LogP contribution is -2.30. The van der Waals surface area contributed by atoms with Crippen LogP contribution in [0.25, 0.3) is 11.0 Å². The van der Waals surface area contributed by atoms with Crippen LogP contribution in [0.3, 0.4) is 0 Å². The van der Waals surface area contributed by atoms with Gasteiger partial charge in [-0.25, -0.2) is 4.98 Å². The average molecular weight is 490 g/mol. The Labute approximate surface area is 212 Å². The zero-order chi connectivity index (χ0) is 24.8. The van der Waals surface area contributed by atoms with Gasteiger partial charge >= 0.3 is 0 Å². The SMILES string of the molecule is Cc1cccc(OCCCCn2c(C(C)NC(=O)Cc3ccc(Cl)cc3)nc3ccccc32)c1C. The molecule has 4 aromatic rings. The Bertz CT molecular complexity index is 1300. The number of hydrogen-bond donors (Lipinski definition) is 1. The van der Waals surface area contributed by atoms with Crippen molar-refractivity contribution >= 4 is 28.5 Å². The number of aromatic nitrogens is 2. The summed E-state index contributed by atoms with van der Waals surface area (Å²) in [5.41, 5.74) is 5.38. The molecule has 35 heavy (non-hydrogen) atoms. The quantitative estimate of drug-likeness (QED) is 0.256. The Morgan fingerprint density at radius 3 is 2.60 bits per heavy atom. The van der Waals surface area contributed by atoms with Crippen molar-refractivity contribution in [2.45, 2.75) is 52.6 Å². The molecule has 0 fully saturated rings. The van der Waals surface area contributed by atoms with Gasteiger partial charge in [-0.05, 0) is 80.6 Å². The monoisotopic (exact) mass is 489 g/mol. The van der Waals surface area contributed by atoms with E-state index in [4.69, 9.17) is 21.3 Å². The van der Waals surface area contributed by atoms with E-state index in [1.807, 2.05) is 49.4 Å². The minimum absolute atomic E-state index is 0.0413. The van der Waals surface area contributed by atoms with E-state index in [0.29, 0.717) is 18.1 Å². The summed E-state index contributed by atoms with van der Waals surface area (Å²) >= 11 is 5.95. The molecule has 5 nitrogen and oxygen atoms in total. The normalized spacial score (nSPS) is 12.0. The lowest BCUT2D eigenvalue weighted by molar-refractivity contribution is -0.121. The number of nitrogens with one attached hydrogen (secondary N) is 1. The highest BCUT2D eigenvalue weighted by atomic mass is 35.5. The Morgan fingerprint density at radius 1 is 1.03 bits per heavy atom. The molecule has 0 bridgehead atoms. The Hall–Kier alpha value is -3.31. The van der Waals surface area contributed by atoms with Crippen molar-refractivity contribution in [3.8, 4) is 5.75 Å². The second kappa shape index (κ2) is 11.4. The molecule has 0 aliphatic carbocycles. The second-order valence-electron chi connectivity index (χ2n) is 8.96. The van der Waals surface area contributed by atoms with Crippen molar-refractivity contribution in [3.63, 3.8) is 0 Å². The summed E-state index contributed by atoms with van der Waals surface area (Å²) in [5, 5.41) is 3.78. The fourth-order valence-electron chi connectivity index (χ4n) is 4.24. The van der Waals surface area contributed by atoms with Crippen molar-refractivity contribution < 1.29 is 9.53 Å². The lowest BCUT2D eigenvalue weighted by Gasteiger charge is -2.17. The van der Waals surface area contributed by atoms with Crippen molar-refractivity contribution in [2.24, 2.45) is 0 Å². The van der Waals surface area contributed by atoms with Crippen molar-refractivity contribution in [1.29, 1.82) is 0 Å². The first kappa shape index (κ1) is 24.8. The number of ether oxygens (including phenoxy) is 1. The number of fused-ring (bicyclic) bond motifs is 1. The number of rotatable bonds is 10. The molecule has 6 heteroatoms. The predicted octanol–water partition coefficient (Wildman–Crippen LogP) is 6.59. The maximum Gasteiger partial charge on any atom is 0.224 e. The van der Waals surface area contributed by atoms with Crippen LogP contribution in [0.1, 0.15) is 48.3 Å². The number of imidazole rings is 1. The summed E-state index contributed by atoms with van der Waals surface area (Å²) in [5.74, 6) is 1.78. The van der Waals surface area contributed by atoms with Crippen LogP contribution in [0.2, 0.25) is 5.02 Å². The van der Waals surface area contributed by atoms with Crippen LogP contribution < -0.4 is 10.1 Å². The molecule has 1 atom stereocenters. The van der Waals surface area contributed by atoms with Crippen LogP contribution in [-0.4, -0.2) is 22.1 Å². The highest BCUT2D eigenvalue weighted by molar-refractivity contribution is 6.30. The number of aryl methyl sites for hydroxylation is 2. The molecule has 0 radical (unpaired) electrons. The number of amides is 1. The Kier molecular flexibility index (Phi) is 8.09. The molecular formula is C29H32ClN3O2. The summed E-state index contributed by atoms with van der Waals surface area (Å²) in [6.45, 7) is 7.66. The van der Waals surface area contributed by atoms with Crippen LogP contribution in [0.5, 0.6) is 5.75 Å². The molecule has 0 saturated carbocycles. The van der Waals surface area contributed by atoms with Gasteiger partial charge in [-0.1, -0.05) is 48.0 Å². The number of carbonyl (C=O) groups is 1. The highest BCUT2D eigenvalue weighted by Crippen LogP contribution is 2.23. The van der Waals surface area contributed by atoms with E-state index >= 15 is 0 Å². The topological polar surface area (TPSA) is 56.1 Å². The number of halogens is 1. The molecule has 0 spiro atoms. The van der Waals surface area contributed by atoms with Gasteiger partial charge in [0, 0.05) is 11.6 Å². The second-order valence-corrected chi connectivity index (χ2v) is 9.39. The van der Waals surface area contributed by atoms with Gasteiger partial charge in [0.2, 0.25) is 5.91 Å². The molecule has 0 aliphatic heterocycles. The van der Waals surface area contributed by atoms with E-state index in [2.05, 4.69) is 35.9 Å². The lowest BCUT2D eigenvalue weighted by atomic mass is 10.1. The first-order valence-corrected chi connectivity index (χ1v) is 12.5. The number of benzene rings is 3. The van der Waals surface area contributed by atoms with E-state index in [-0.39, 0.29) is 11.9 Å². The summed E-state index contributed by atoms with van der Waals surface area (Å²) in [6.07, 6.45) is 2.18. The van der Waals surface area contributed by atoms with Crippen molar-refractivity contribution in [2.75, 3.05) is 6.61 Å². The first-order chi connectivity index (χ1) is 16.9. The molecule has 0 aliphatic rings. The Balaban J connectivity index is 1.39. The van der Waals surface area contributed by atoms with Gasteiger partial charge in [-0.3, -0.25) is 4.79 Å². The number of para-hydroxylation sites is 2. The average Bonchev–Trinajstić information content (AvgIpc) is 3.22. The van der Waals surface area contributed by atoms with Gasteiger partial charge in [0.15, 0.2) is 0 Å². The molecular weight excluding hydrogens is 458 g/mol. The van der Waals surface area contributed by atoms with E-state index in [1.165, 1.54) is 11.1 Å². The molecule has 1 unspecified atom stereocenters. The summed E-state index contributed by atoms with van der Waals surface area (Å²) in [7, 11) is 0. The Morgan fingerprint density at radius 2 is 1.80 bits per heavy atom. The third-order valence-electron chi connectivity index (χ3n) is 6.32. The number of carbonyl (C=O) groups excluding carboxylic acids is 1. The minimum atomic E-state index is -0.214. The summed E-state index contributed by atoms with van der Waals surface area (Å²) in [6, 6.07) is 21.4. The van der Waals surface area contributed by atoms with Gasteiger partial charge in [-0.2, -0.15) is 0 Å². The van der Waals surface area contributed by atoms with E-state index in [1.54, 1.807) is 12.1 Å². The number of hydrogen-bond acceptors (Lipinski definition) is 3. The summed E-state index contributed by atoms with van der Waals surface area (Å²) in [4.78, 5) is 17.5. The highest BCUT2D eigenvalue weighted by Gasteiger charge is 2.18. The van der Waals surface area contributed by atoms with Gasteiger partial charge in [0.05, 0.1) is 30.1 Å². The largest absolute Gasteiger partial charge is 0.493 e. The zero-order valence-corrected chi connectivity index (χ0v) is 21.3. The third kappa shape index (κ3) is 6.23. The molecule has 1 amide bonds. The fourth-order valence-corrected chi connectivity index (χ4v) is 4.37. The standard InChI is InChI=1S/C29H32ClN3O2/c1-20-9-8-12-27(21(20)2)35-18-7-6-17-33-26-11-5-4-10-25(26)32-29(33)22(3)31-28(34)19-23-13-15-24(30)16-14-23/h4-5,8-16,22H,6-7,17-19H2,1-3H3,(H,31,34). The van der Waals surface area contributed by atoms with E-state index in [9.17, 15) is 4.79 Å². The van der Waals surface area contributed by atoms with Gasteiger partial charge in [0.25, 0.3) is 0 Å². The fraction of sp³-hybridized carbons (Fsp3) is 0.310. The maximum atomic E-state index is 12.7. The van der Waals surface area contributed by atoms with Gasteiger partial charge in [0.1, 0.15) is 11.6 Å². The van der Waals surface area contributed by atoms with Crippen LogP contribution in [0.15, 0.2) is 66.7 Å². The van der Waals surface area contributed by atoms with Crippen molar-refractivity contribution in [1.82, 2.24) is 14.9 Å². The molecule has 1 aromatic heterocycles. The van der Waals surface area contributed by atoms with Crippen LogP contribution in [-0.2, 0) is 17.8 Å². The van der Waals surface area contributed by atoms with Crippen molar-refractivity contribution in [3.05, 3.63) is 94.3 Å². The summed E-state index contributed by atoms with van der Waals surface area (Å²) < 4.78 is 8.25. The predicted molar refractivity (Wildman–Crippen MR) is 142 cm³/mol. The minimum Gasteiger partial charge on any atom is -0.493 e. The van der Waals surface area contributed by atoms with Gasteiger partial charge in [-0.15, -0.1) is 0 Å². The molecule has 4 rings (SSSR count). The van der Waals surface area contributed by atoms with Gasteiger partial charge < -0.3 is 14.6 Å². The molecule has 1 N–H and O–H groups in total. The number of nitrogens with zero attached hydrogens (tertiary/aromatic N) is 2. The smallest absolute Gasteiger partial charge is 0.224 e. The first-order valence-electron chi connectivity index (χ1n) is 12.1. The maximum absolute atomic E-state index is 12.7. The third-order valence-corrected chi connectivity index (χ3v) is 6.57. The zero-order valence-electron chi connectivity index (χ0n) is 20.6. The molecule has 0 saturated heterocycles. The van der Waals surface area contributed by atoms with Crippen LogP contribution >= 0.6 is 11.6 Å². The van der Waals surface area contributed by atoms with E-state index < -0.39 is 0 Å². The van der Waals surface area contributed by atoms with Crippen LogP contribution in [0.4, 0.5) is 0 Å². The molecule has 3 aromatic carbocycles. The van der Waals surface area contributed by atoms with E-state index in [0.717, 1.165) is 47.6 Å².